The summed E-state index contributed by atoms with van der Waals surface area (Å²) in [4.78, 5) is 20.8. The smallest absolute Gasteiger partial charge is 0.257 e. The summed E-state index contributed by atoms with van der Waals surface area (Å²) in [5.41, 5.74) is 8.59. The van der Waals surface area contributed by atoms with Gasteiger partial charge in [0.25, 0.3) is 5.91 Å². The first-order valence-electron chi connectivity index (χ1n) is 8.27. The monoisotopic (exact) mass is 358 g/mol. The van der Waals surface area contributed by atoms with Gasteiger partial charge in [-0.1, -0.05) is 24.3 Å². The Morgan fingerprint density at radius 3 is 2.52 bits per heavy atom. The zero-order chi connectivity index (χ0) is 18.8. The summed E-state index contributed by atoms with van der Waals surface area (Å²) in [6, 6.07) is 15.2. The van der Waals surface area contributed by atoms with Crippen molar-refractivity contribution in [2.24, 2.45) is 0 Å². The Kier molecular flexibility index (Phi) is 4.22. The fourth-order valence-corrected chi connectivity index (χ4v) is 2.93. The Balaban J connectivity index is 1.77. The predicted octanol–water partition coefficient (Wildman–Crippen LogP) is 4.27. The zero-order valence-corrected chi connectivity index (χ0v) is 14.2. The molecule has 4 rings (SSSR count). The molecule has 0 aliphatic heterocycles. The number of amides is 1. The normalized spacial score (nSPS) is 10.7. The van der Waals surface area contributed by atoms with Crippen molar-refractivity contribution in [2.75, 3.05) is 11.1 Å². The molecule has 2 aromatic carbocycles. The molecule has 4 aromatic rings. The van der Waals surface area contributed by atoms with Gasteiger partial charge in [-0.2, -0.15) is 0 Å². The van der Waals surface area contributed by atoms with Crippen LogP contribution in [0.4, 0.5) is 15.9 Å². The quantitative estimate of drug-likeness (QED) is 0.573. The van der Waals surface area contributed by atoms with Crippen LogP contribution in [0.5, 0.6) is 0 Å². The van der Waals surface area contributed by atoms with E-state index in [-0.39, 0.29) is 11.7 Å². The Morgan fingerprint density at radius 1 is 0.963 bits per heavy atom. The number of nitrogens with two attached hydrogens (primary N) is 1. The number of anilines is 2. The summed E-state index contributed by atoms with van der Waals surface area (Å²) in [6.07, 6.45) is 4.65. The third kappa shape index (κ3) is 3.32. The molecule has 132 valence electrons. The van der Waals surface area contributed by atoms with Crippen molar-refractivity contribution in [3.8, 4) is 11.1 Å². The van der Waals surface area contributed by atoms with Crippen LogP contribution in [0.2, 0.25) is 0 Å². The van der Waals surface area contributed by atoms with Gasteiger partial charge in [0, 0.05) is 29.7 Å². The van der Waals surface area contributed by atoms with Crippen LogP contribution in [-0.2, 0) is 0 Å². The van der Waals surface area contributed by atoms with Crippen LogP contribution in [0.3, 0.4) is 0 Å². The van der Waals surface area contributed by atoms with E-state index < -0.39 is 0 Å². The number of nitrogen functional groups attached to an aromatic ring is 1. The molecule has 0 bridgehead atoms. The van der Waals surface area contributed by atoms with Gasteiger partial charge in [0.15, 0.2) is 0 Å². The number of nitrogens with zero attached hydrogens (tertiary/aromatic N) is 2. The molecule has 0 saturated heterocycles. The molecule has 0 fully saturated rings. The van der Waals surface area contributed by atoms with Crippen LogP contribution in [0.1, 0.15) is 10.4 Å². The molecule has 1 amide bonds. The third-order valence-corrected chi connectivity index (χ3v) is 4.26. The van der Waals surface area contributed by atoms with Crippen LogP contribution < -0.4 is 11.1 Å². The maximum atomic E-state index is 13.5. The number of benzene rings is 2. The molecule has 27 heavy (non-hydrogen) atoms. The van der Waals surface area contributed by atoms with Crippen LogP contribution in [0, 0.1) is 5.82 Å². The zero-order valence-electron chi connectivity index (χ0n) is 14.2. The van der Waals surface area contributed by atoms with E-state index in [9.17, 15) is 9.18 Å². The maximum absolute atomic E-state index is 13.5. The first kappa shape index (κ1) is 16.7. The first-order valence-corrected chi connectivity index (χ1v) is 8.27. The van der Waals surface area contributed by atoms with Gasteiger partial charge in [-0.25, -0.2) is 9.37 Å². The Labute approximate surface area is 154 Å². The number of aromatic nitrogens is 2. The minimum absolute atomic E-state index is 0.294. The summed E-state index contributed by atoms with van der Waals surface area (Å²) in [5.74, 6) is -0.301. The molecule has 0 aliphatic rings. The number of hydrogen-bond donors (Lipinski definition) is 2. The molecule has 0 unspecified atom stereocenters. The average molecular weight is 358 g/mol. The van der Waals surface area contributed by atoms with Crippen LogP contribution in [0.15, 0.2) is 73.2 Å². The molecule has 0 radical (unpaired) electrons. The second kappa shape index (κ2) is 6.84. The Hall–Kier alpha value is -3.80. The molecule has 2 heterocycles. The molecular weight excluding hydrogens is 343 g/mol. The Morgan fingerprint density at radius 2 is 1.74 bits per heavy atom. The van der Waals surface area contributed by atoms with Gasteiger partial charge in [0.1, 0.15) is 11.6 Å². The van der Waals surface area contributed by atoms with E-state index >= 15 is 0 Å². The van der Waals surface area contributed by atoms with Crippen molar-refractivity contribution in [2.45, 2.75) is 0 Å². The fourth-order valence-electron chi connectivity index (χ4n) is 2.93. The van der Waals surface area contributed by atoms with Gasteiger partial charge in [-0.15, -0.1) is 0 Å². The summed E-state index contributed by atoms with van der Waals surface area (Å²) < 4.78 is 13.5. The largest absolute Gasteiger partial charge is 0.383 e. The lowest BCUT2D eigenvalue weighted by Crippen LogP contribution is -2.13. The number of hydrogen-bond acceptors (Lipinski definition) is 4. The van der Waals surface area contributed by atoms with Crippen molar-refractivity contribution >= 4 is 28.2 Å². The Bertz CT molecular complexity index is 1150. The van der Waals surface area contributed by atoms with E-state index in [0.29, 0.717) is 27.8 Å². The maximum Gasteiger partial charge on any atom is 0.257 e. The van der Waals surface area contributed by atoms with E-state index in [2.05, 4.69) is 15.3 Å². The van der Waals surface area contributed by atoms with Crippen molar-refractivity contribution in [1.29, 1.82) is 0 Å². The number of pyridine rings is 2. The van der Waals surface area contributed by atoms with Crippen molar-refractivity contribution in [1.82, 2.24) is 9.97 Å². The van der Waals surface area contributed by atoms with Gasteiger partial charge >= 0.3 is 0 Å². The lowest BCUT2D eigenvalue weighted by Gasteiger charge is -2.11. The highest BCUT2D eigenvalue weighted by molar-refractivity contribution is 6.14. The first-order chi connectivity index (χ1) is 13.1. The molecule has 0 spiro atoms. The van der Waals surface area contributed by atoms with Gasteiger partial charge in [-0.05, 0) is 46.8 Å². The average Bonchev–Trinajstić information content (AvgIpc) is 2.69. The standard InChI is InChI=1S/C21H15FN4O/c22-15-3-1-2-13(10-15)14-4-5-17-18(11-14)20(23)25-12-19(17)21(27)26-16-6-8-24-9-7-16/h1-12H,(H2,23,25)(H,24,26,27). The molecule has 2 aromatic heterocycles. The SMILES string of the molecule is Nc1ncc(C(=O)Nc2ccncc2)c2ccc(-c3cccc(F)c3)cc12. The number of carbonyl (C=O) groups is 1. The molecular formula is C21H15FN4O. The predicted molar refractivity (Wildman–Crippen MR) is 104 cm³/mol. The van der Waals surface area contributed by atoms with Crippen molar-refractivity contribution < 1.29 is 9.18 Å². The fraction of sp³-hybridized carbons (Fsp3) is 0. The summed E-state index contributed by atoms with van der Waals surface area (Å²) >= 11 is 0. The minimum atomic E-state index is -0.316. The summed E-state index contributed by atoms with van der Waals surface area (Å²) in [7, 11) is 0. The second-order valence-electron chi connectivity index (χ2n) is 6.02. The van der Waals surface area contributed by atoms with E-state index in [1.54, 1.807) is 36.7 Å². The van der Waals surface area contributed by atoms with Crippen molar-refractivity contribution in [3.63, 3.8) is 0 Å². The summed E-state index contributed by atoms with van der Waals surface area (Å²) in [6.45, 7) is 0. The molecule has 6 heteroatoms. The van der Waals surface area contributed by atoms with Gasteiger partial charge in [0.2, 0.25) is 0 Å². The molecule has 0 atom stereocenters. The number of halogens is 1. The van der Waals surface area contributed by atoms with E-state index in [4.69, 9.17) is 5.73 Å². The molecule has 3 N–H and O–H groups in total. The molecule has 5 nitrogen and oxygen atoms in total. The lowest BCUT2D eigenvalue weighted by atomic mass is 9.99. The van der Waals surface area contributed by atoms with E-state index in [0.717, 1.165) is 11.1 Å². The lowest BCUT2D eigenvalue weighted by molar-refractivity contribution is 0.102. The topological polar surface area (TPSA) is 80.9 Å². The highest BCUT2D eigenvalue weighted by Crippen LogP contribution is 2.29. The van der Waals surface area contributed by atoms with Crippen molar-refractivity contribution in [3.05, 3.63) is 84.6 Å². The highest BCUT2D eigenvalue weighted by atomic mass is 19.1. The number of rotatable bonds is 3. The van der Waals surface area contributed by atoms with Gasteiger partial charge in [0.05, 0.1) is 5.56 Å². The van der Waals surface area contributed by atoms with Gasteiger partial charge < -0.3 is 11.1 Å². The van der Waals surface area contributed by atoms with Crippen LogP contribution in [-0.4, -0.2) is 15.9 Å². The van der Waals surface area contributed by atoms with Crippen LogP contribution >= 0.6 is 0 Å². The van der Waals surface area contributed by atoms with Crippen LogP contribution in [0.25, 0.3) is 21.9 Å². The second-order valence-corrected chi connectivity index (χ2v) is 6.02. The number of fused-ring (bicyclic) bond motifs is 1. The van der Waals surface area contributed by atoms with E-state index in [1.807, 2.05) is 18.2 Å². The summed E-state index contributed by atoms with van der Waals surface area (Å²) in [5, 5.41) is 4.13. The molecule has 0 saturated carbocycles. The van der Waals surface area contributed by atoms with Gasteiger partial charge in [-0.3, -0.25) is 9.78 Å². The van der Waals surface area contributed by atoms with E-state index in [1.165, 1.54) is 18.3 Å². The number of carbonyl (C=O) groups excluding carboxylic acids is 1. The third-order valence-electron chi connectivity index (χ3n) is 4.26. The number of nitrogens with one attached hydrogen (secondary N) is 1. The molecule has 0 aliphatic carbocycles. The highest BCUT2D eigenvalue weighted by Gasteiger charge is 2.14. The minimum Gasteiger partial charge on any atom is -0.383 e.